The molecule has 5 heteroatoms. The summed E-state index contributed by atoms with van der Waals surface area (Å²) < 4.78 is 11.2. The van der Waals surface area contributed by atoms with Crippen LogP contribution in [0, 0.1) is 6.92 Å². The van der Waals surface area contributed by atoms with Crippen molar-refractivity contribution < 1.29 is 19.4 Å². The highest BCUT2D eigenvalue weighted by Gasteiger charge is 2.16. The van der Waals surface area contributed by atoms with Gasteiger partial charge in [-0.2, -0.15) is 0 Å². The molecule has 0 atom stereocenters. The Labute approximate surface area is 111 Å². The van der Waals surface area contributed by atoms with Gasteiger partial charge in [0.15, 0.2) is 0 Å². The second-order valence-corrected chi connectivity index (χ2v) is 4.14. The van der Waals surface area contributed by atoms with Crippen LogP contribution in [0.4, 0.5) is 0 Å². The number of aromatic carboxylic acids is 1. The zero-order valence-corrected chi connectivity index (χ0v) is 11.2. The molecule has 2 rings (SSSR count). The van der Waals surface area contributed by atoms with Crippen molar-refractivity contribution >= 4 is 16.9 Å². The predicted molar refractivity (Wildman–Crippen MR) is 72.3 cm³/mol. The van der Waals surface area contributed by atoms with Gasteiger partial charge in [-0.25, -0.2) is 4.79 Å². The highest BCUT2D eigenvalue weighted by Crippen LogP contribution is 2.37. The highest BCUT2D eigenvalue weighted by atomic mass is 16.5. The van der Waals surface area contributed by atoms with Crippen LogP contribution in [-0.4, -0.2) is 29.3 Å². The summed E-state index contributed by atoms with van der Waals surface area (Å²) in [5, 5.41) is 9.81. The lowest BCUT2D eigenvalue weighted by Gasteiger charge is -2.13. The van der Waals surface area contributed by atoms with E-state index in [0.29, 0.717) is 30.2 Å². The number of aromatic nitrogens is 1. The first kappa shape index (κ1) is 13.3. The average Bonchev–Trinajstić information content (AvgIpc) is 2.78. The number of ether oxygens (including phenoxy) is 2. The fourth-order valence-electron chi connectivity index (χ4n) is 2.08. The van der Waals surface area contributed by atoms with Crippen LogP contribution in [-0.2, 0) is 0 Å². The third-order valence-corrected chi connectivity index (χ3v) is 2.90. The van der Waals surface area contributed by atoms with E-state index in [1.165, 1.54) is 0 Å². The van der Waals surface area contributed by atoms with Gasteiger partial charge in [0.1, 0.15) is 17.2 Å². The Morgan fingerprint density at radius 1 is 1.26 bits per heavy atom. The minimum atomic E-state index is -0.991. The fourth-order valence-corrected chi connectivity index (χ4v) is 2.08. The minimum absolute atomic E-state index is 0.143. The molecule has 0 unspecified atom stereocenters. The third kappa shape index (κ3) is 2.36. The van der Waals surface area contributed by atoms with E-state index in [4.69, 9.17) is 14.6 Å². The number of nitrogens with one attached hydrogen (secondary N) is 1. The normalized spacial score (nSPS) is 10.7. The summed E-state index contributed by atoms with van der Waals surface area (Å²) in [5.74, 6) is 0.388. The van der Waals surface area contributed by atoms with Gasteiger partial charge in [0.05, 0.1) is 18.7 Å². The van der Waals surface area contributed by atoms with E-state index in [2.05, 4.69) is 4.98 Å². The van der Waals surface area contributed by atoms with Gasteiger partial charge < -0.3 is 19.6 Å². The van der Waals surface area contributed by atoms with Gasteiger partial charge in [-0.3, -0.25) is 0 Å². The van der Waals surface area contributed by atoms with E-state index in [9.17, 15) is 4.79 Å². The van der Waals surface area contributed by atoms with Crippen LogP contribution in [0.25, 0.3) is 10.9 Å². The van der Waals surface area contributed by atoms with Gasteiger partial charge in [-0.15, -0.1) is 0 Å². The van der Waals surface area contributed by atoms with Gasteiger partial charge in [0.25, 0.3) is 0 Å². The molecule has 2 N–H and O–H groups in total. The van der Waals surface area contributed by atoms with E-state index in [0.717, 1.165) is 10.9 Å². The standard InChI is InChI=1S/C14H17NO4/c1-4-18-12-7-10-9(6-11(15-10)14(16)17)13(8(12)3)19-5-2/h6-7,15H,4-5H2,1-3H3,(H,16,17). The third-order valence-electron chi connectivity index (χ3n) is 2.90. The van der Waals surface area contributed by atoms with Crippen LogP contribution >= 0.6 is 0 Å². The topological polar surface area (TPSA) is 71.6 Å². The Morgan fingerprint density at radius 2 is 1.95 bits per heavy atom. The van der Waals surface area contributed by atoms with E-state index < -0.39 is 5.97 Å². The molecule has 0 spiro atoms. The Balaban J connectivity index is 2.68. The molecule has 0 saturated carbocycles. The maximum Gasteiger partial charge on any atom is 0.352 e. The molecular weight excluding hydrogens is 246 g/mol. The van der Waals surface area contributed by atoms with Crippen LogP contribution in [0.5, 0.6) is 11.5 Å². The number of carboxylic acids is 1. The van der Waals surface area contributed by atoms with Crippen molar-refractivity contribution in [3.05, 3.63) is 23.4 Å². The molecule has 2 aromatic rings. The largest absolute Gasteiger partial charge is 0.493 e. The molecule has 0 amide bonds. The molecule has 0 bridgehead atoms. The summed E-state index contributed by atoms with van der Waals surface area (Å²) >= 11 is 0. The highest BCUT2D eigenvalue weighted by molar-refractivity contribution is 5.97. The number of carbonyl (C=O) groups is 1. The van der Waals surface area contributed by atoms with E-state index in [1.807, 2.05) is 26.8 Å². The van der Waals surface area contributed by atoms with E-state index in [1.54, 1.807) is 6.07 Å². The van der Waals surface area contributed by atoms with Gasteiger partial charge in [0.2, 0.25) is 0 Å². The second-order valence-electron chi connectivity index (χ2n) is 4.14. The van der Waals surface area contributed by atoms with E-state index in [-0.39, 0.29) is 5.69 Å². The first-order valence-corrected chi connectivity index (χ1v) is 6.23. The molecule has 0 aliphatic rings. The number of carboxylic acid groups (broad SMARTS) is 1. The zero-order valence-electron chi connectivity index (χ0n) is 11.2. The van der Waals surface area contributed by atoms with Crippen molar-refractivity contribution in [3.63, 3.8) is 0 Å². The van der Waals surface area contributed by atoms with Crippen LogP contribution in [0.2, 0.25) is 0 Å². The molecule has 0 aliphatic heterocycles. The lowest BCUT2D eigenvalue weighted by molar-refractivity contribution is 0.0691. The molecule has 1 aromatic heterocycles. The van der Waals surface area contributed by atoms with Crippen LogP contribution in [0.3, 0.4) is 0 Å². The van der Waals surface area contributed by atoms with Gasteiger partial charge in [0, 0.05) is 17.0 Å². The zero-order chi connectivity index (χ0) is 14.0. The van der Waals surface area contributed by atoms with Gasteiger partial charge in [-0.1, -0.05) is 0 Å². The Kier molecular flexibility index (Phi) is 3.64. The maximum absolute atomic E-state index is 11.0. The number of rotatable bonds is 5. The second kappa shape index (κ2) is 5.22. The molecule has 1 aromatic carbocycles. The van der Waals surface area contributed by atoms with Gasteiger partial charge in [-0.05, 0) is 26.8 Å². The SMILES string of the molecule is CCOc1cc2[nH]c(C(=O)O)cc2c(OCC)c1C. The van der Waals surface area contributed by atoms with Crippen molar-refractivity contribution in [1.29, 1.82) is 0 Å². The van der Waals surface area contributed by atoms with Crippen molar-refractivity contribution in [1.82, 2.24) is 4.98 Å². The number of hydrogen-bond donors (Lipinski definition) is 2. The monoisotopic (exact) mass is 263 g/mol. The quantitative estimate of drug-likeness (QED) is 0.870. The molecule has 0 aliphatic carbocycles. The Bertz CT molecular complexity index is 615. The van der Waals surface area contributed by atoms with Crippen LogP contribution < -0.4 is 9.47 Å². The lowest BCUT2D eigenvalue weighted by atomic mass is 10.1. The summed E-state index contributed by atoms with van der Waals surface area (Å²) in [6, 6.07) is 3.40. The number of fused-ring (bicyclic) bond motifs is 1. The average molecular weight is 263 g/mol. The Morgan fingerprint density at radius 3 is 2.53 bits per heavy atom. The lowest BCUT2D eigenvalue weighted by Crippen LogP contribution is -1.99. The van der Waals surface area contributed by atoms with Crippen molar-refractivity contribution in [2.75, 3.05) is 13.2 Å². The number of H-pyrrole nitrogens is 1. The summed E-state index contributed by atoms with van der Waals surface area (Å²) in [7, 11) is 0. The predicted octanol–water partition coefficient (Wildman–Crippen LogP) is 2.97. The maximum atomic E-state index is 11.0. The summed E-state index contributed by atoms with van der Waals surface area (Å²) in [6.45, 7) is 6.76. The molecule has 5 nitrogen and oxygen atoms in total. The van der Waals surface area contributed by atoms with Crippen LogP contribution in [0.15, 0.2) is 12.1 Å². The van der Waals surface area contributed by atoms with Crippen molar-refractivity contribution in [2.45, 2.75) is 20.8 Å². The molecule has 0 radical (unpaired) electrons. The Hall–Kier alpha value is -2.17. The number of aromatic amines is 1. The molecule has 19 heavy (non-hydrogen) atoms. The summed E-state index contributed by atoms with van der Waals surface area (Å²) in [5.41, 5.74) is 1.73. The molecule has 1 heterocycles. The molecule has 0 fully saturated rings. The smallest absolute Gasteiger partial charge is 0.352 e. The van der Waals surface area contributed by atoms with Crippen LogP contribution in [0.1, 0.15) is 29.9 Å². The first-order valence-electron chi connectivity index (χ1n) is 6.23. The number of benzene rings is 1. The molecular formula is C14H17NO4. The van der Waals surface area contributed by atoms with Gasteiger partial charge >= 0.3 is 5.97 Å². The molecule has 102 valence electrons. The van der Waals surface area contributed by atoms with Crippen molar-refractivity contribution in [2.24, 2.45) is 0 Å². The van der Waals surface area contributed by atoms with Crippen molar-refractivity contribution in [3.8, 4) is 11.5 Å². The summed E-state index contributed by atoms with van der Waals surface area (Å²) in [6.07, 6.45) is 0. The minimum Gasteiger partial charge on any atom is -0.493 e. The number of hydrogen-bond acceptors (Lipinski definition) is 3. The fraction of sp³-hybridized carbons (Fsp3) is 0.357. The molecule has 0 saturated heterocycles. The first-order chi connectivity index (χ1) is 9.08. The summed E-state index contributed by atoms with van der Waals surface area (Å²) in [4.78, 5) is 13.9. The van der Waals surface area contributed by atoms with E-state index >= 15 is 0 Å².